The molecule has 1 spiro atoms. The van der Waals surface area contributed by atoms with Crippen molar-refractivity contribution >= 4 is 6.09 Å². The summed E-state index contributed by atoms with van der Waals surface area (Å²) >= 11 is 0. The molecule has 2 N–H and O–H groups in total. The van der Waals surface area contributed by atoms with Crippen molar-refractivity contribution in [2.75, 3.05) is 19.6 Å². The highest BCUT2D eigenvalue weighted by molar-refractivity contribution is 5.68. The molecule has 1 aromatic carbocycles. The number of alkyl halides is 9. The largest absolute Gasteiger partial charge is 0.434 e. The van der Waals surface area contributed by atoms with Crippen LogP contribution in [0.2, 0.25) is 0 Å². The molecule has 1 aromatic rings. The van der Waals surface area contributed by atoms with E-state index in [1.165, 1.54) is 19.9 Å². The molecule has 2 heterocycles. The SMILES string of the molecule is CC(C)(C#Cc1cc(C(F)(F)F)ccc1CN1CCCC12CCN(C(=O)OC(C(F)(F)F)C(F)(F)F)CC2)C(O)O. The third-order valence-electron chi connectivity index (χ3n) is 7.47. The average molecular weight is 605 g/mol. The van der Waals surface area contributed by atoms with Gasteiger partial charge in [0.2, 0.25) is 0 Å². The Morgan fingerprint density at radius 2 is 1.56 bits per heavy atom. The van der Waals surface area contributed by atoms with Gasteiger partial charge in [-0.3, -0.25) is 4.90 Å². The van der Waals surface area contributed by atoms with Gasteiger partial charge in [-0.1, -0.05) is 17.9 Å². The number of nitrogens with zero attached hydrogens (tertiary/aromatic N) is 2. The fraction of sp³-hybridized carbons (Fsp3) is 0.654. The minimum Gasteiger partial charge on any atom is -0.426 e. The zero-order chi connectivity index (χ0) is 31.0. The van der Waals surface area contributed by atoms with Crippen LogP contribution < -0.4 is 0 Å². The first-order valence-corrected chi connectivity index (χ1v) is 12.6. The lowest BCUT2D eigenvalue weighted by Gasteiger charge is -2.45. The van der Waals surface area contributed by atoms with E-state index in [4.69, 9.17) is 0 Å². The van der Waals surface area contributed by atoms with Crippen molar-refractivity contribution < 1.29 is 59.3 Å². The molecule has 0 atom stereocenters. The summed E-state index contributed by atoms with van der Waals surface area (Å²) in [5.74, 6) is 5.22. The molecule has 6 nitrogen and oxygen atoms in total. The van der Waals surface area contributed by atoms with Crippen LogP contribution in [0.15, 0.2) is 18.2 Å². The van der Waals surface area contributed by atoms with E-state index in [-0.39, 0.29) is 38.0 Å². The summed E-state index contributed by atoms with van der Waals surface area (Å²) in [6.45, 7) is 3.07. The summed E-state index contributed by atoms with van der Waals surface area (Å²) in [7, 11) is 0. The highest BCUT2D eigenvalue weighted by Crippen LogP contribution is 2.41. The van der Waals surface area contributed by atoms with Crippen LogP contribution in [0.25, 0.3) is 0 Å². The van der Waals surface area contributed by atoms with Crippen molar-refractivity contribution in [1.29, 1.82) is 0 Å². The van der Waals surface area contributed by atoms with E-state index in [9.17, 15) is 54.5 Å². The van der Waals surface area contributed by atoms with Crippen molar-refractivity contribution in [2.45, 2.75) is 82.5 Å². The number of benzene rings is 1. The van der Waals surface area contributed by atoms with Crippen molar-refractivity contribution in [3.8, 4) is 11.8 Å². The van der Waals surface area contributed by atoms with Gasteiger partial charge in [-0.05, 0) is 63.8 Å². The second-order valence-corrected chi connectivity index (χ2v) is 10.8. The van der Waals surface area contributed by atoms with Gasteiger partial charge in [-0.2, -0.15) is 39.5 Å². The molecule has 2 saturated heterocycles. The standard InChI is InChI=1S/C26H29F9N2O4/c1-22(2,20(38)39)8-6-16-14-18(24(27,28)29)5-4-17(16)15-37-11-3-7-23(37)9-12-36(13-10-23)21(40)41-19(25(30,31)32)26(33,34)35/h4-5,14,19-20,38-39H,3,7,9-13,15H2,1-2H3. The third-order valence-corrected chi connectivity index (χ3v) is 7.47. The number of rotatable bonds is 4. The topological polar surface area (TPSA) is 73.2 Å². The zero-order valence-corrected chi connectivity index (χ0v) is 22.1. The van der Waals surface area contributed by atoms with E-state index in [1.807, 2.05) is 4.90 Å². The molecule has 0 radical (unpaired) electrons. The van der Waals surface area contributed by atoms with E-state index in [2.05, 4.69) is 16.6 Å². The Balaban J connectivity index is 1.79. The summed E-state index contributed by atoms with van der Waals surface area (Å²) in [6.07, 6.45) is -22.5. The molecule has 0 saturated carbocycles. The highest BCUT2D eigenvalue weighted by atomic mass is 19.4. The van der Waals surface area contributed by atoms with Gasteiger partial charge in [0.25, 0.3) is 6.10 Å². The molecule has 15 heteroatoms. The molecule has 0 unspecified atom stereocenters. The monoisotopic (exact) mass is 604 g/mol. The minimum absolute atomic E-state index is 0.0157. The van der Waals surface area contributed by atoms with Crippen molar-refractivity contribution in [3.05, 3.63) is 34.9 Å². The lowest BCUT2D eigenvalue weighted by molar-refractivity contribution is -0.308. The van der Waals surface area contributed by atoms with Crippen LogP contribution in [0.3, 0.4) is 0 Å². The normalized spacial score (nSPS) is 18.7. The summed E-state index contributed by atoms with van der Waals surface area (Å²) in [5, 5.41) is 19.0. The van der Waals surface area contributed by atoms with Gasteiger partial charge in [0.15, 0.2) is 6.29 Å². The predicted molar refractivity (Wildman–Crippen MR) is 126 cm³/mol. The molecule has 2 fully saturated rings. The van der Waals surface area contributed by atoms with Gasteiger partial charge < -0.3 is 19.8 Å². The quantitative estimate of drug-likeness (QED) is 0.272. The molecule has 2 aliphatic heterocycles. The third kappa shape index (κ3) is 7.78. The number of likely N-dealkylation sites (tertiary alicyclic amines) is 2. The number of aliphatic hydroxyl groups excluding tert-OH is 1. The molecule has 2 aliphatic rings. The molecular weight excluding hydrogens is 575 g/mol. The lowest BCUT2D eigenvalue weighted by atomic mass is 9.84. The minimum atomic E-state index is -5.83. The molecule has 41 heavy (non-hydrogen) atoms. The molecule has 3 rings (SSSR count). The summed E-state index contributed by atoms with van der Waals surface area (Å²) in [6, 6.07) is 3.02. The molecular formula is C26H29F9N2O4. The van der Waals surface area contributed by atoms with Crippen LogP contribution in [0.5, 0.6) is 0 Å². The number of hydrogen-bond donors (Lipinski definition) is 2. The van der Waals surface area contributed by atoms with Crippen LogP contribution in [-0.4, -0.2) is 76.0 Å². The first-order chi connectivity index (χ1) is 18.7. The fourth-order valence-electron chi connectivity index (χ4n) is 4.91. The summed E-state index contributed by atoms with van der Waals surface area (Å²) in [5.41, 5.74) is -2.47. The van der Waals surface area contributed by atoms with Crippen molar-refractivity contribution in [3.63, 3.8) is 0 Å². The van der Waals surface area contributed by atoms with Gasteiger partial charge in [0.1, 0.15) is 0 Å². The van der Waals surface area contributed by atoms with Crippen LogP contribution in [0.4, 0.5) is 44.3 Å². The van der Waals surface area contributed by atoms with E-state index < -0.39 is 53.5 Å². The number of hydrogen-bond acceptors (Lipinski definition) is 5. The first kappa shape index (κ1) is 32.8. The van der Waals surface area contributed by atoms with Gasteiger partial charge >= 0.3 is 24.6 Å². The van der Waals surface area contributed by atoms with Gasteiger partial charge in [-0.25, -0.2) is 4.79 Å². The second-order valence-electron chi connectivity index (χ2n) is 10.8. The Labute approximate surface area is 230 Å². The Hall–Kier alpha value is -2.70. The molecule has 230 valence electrons. The number of piperidine rings is 1. The zero-order valence-electron chi connectivity index (χ0n) is 22.1. The Bertz CT molecular complexity index is 1140. The molecule has 0 aliphatic carbocycles. The number of ether oxygens (including phenoxy) is 1. The van der Waals surface area contributed by atoms with Crippen molar-refractivity contribution in [1.82, 2.24) is 9.80 Å². The van der Waals surface area contributed by atoms with Gasteiger partial charge in [-0.15, -0.1) is 0 Å². The van der Waals surface area contributed by atoms with Gasteiger partial charge in [0, 0.05) is 30.7 Å². The van der Waals surface area contributed by atoms with Crippen LogP contribution >= 0.6 is 0 Å². The molecule has 0 aromatic heterocycles. The number of carbonyl (C=O) groups is 1. The molecule has 1 amide bonds. The average Bonchev–Trinajstić information content (AvgIpc) is 3.21. The first-order valence-electron chi connectivity index (χ1n) is 12.6. The lowest BCUT2D eigenvalue weighted by Crippen LogP contribution is -2.54. The summed E-state index contributed by atoms with van der Waals surface area (Å²) < 4.78 is 121. The Morgan fingerprint density at radius 3 is 2.07 bits per heavy atom. The van der Waals surface area contributed by atoms with Crippen LogP contribution in [0.1, 0.15) is 56.2 Å². The van der Waals surface area contributed by atoms with Crippen molar-refractivity contribution in [2.24, 2.45) is 5.41 Å². The maximum atomic E-state index is 13.4. The predicted octanol–water partition coefficient (Wildman–Crippen LogP) is 5.45. The Morgan fingerprint density at radius 1 is 0.976 bits per heavy atom. The maximum Gasteiger partial charge on any atom is 0.434 e. The summed E-state index contributed by atoms with van der Waals surface area (Å²) in [4.78, 5) is 14.9. The van der Waals surface area contributed by atoms with Crippen LogP contribution in [-0.2, 0) is 17.5 Å². The fourth-order valence-corrected chi connectivity index (χ4v) is 4.91. The maximum absolute atomic E-state index is 13.4. The smallest absolute Gasteiger partial charge is 0.426 e. The number of aliphatic hydroxyl groups is 2. The highest BCUT2D eigenvalue weighted by Gasteiger charge is 2.60. The van der Waals surface area contributed by atoms with Crippen LogP contribution in [0, 0.1) is 17.3 Å². The van der Waals surface area contributed by atoms with E-state index in [0.29, 0.717) is 24.9 Å². The van der Waals surface area contributed by atoms with E-state index in [1.54, 1.807) is 0 Å². The van der Waals surface area contributed by atoms with E-state index >= 15 is 0 Å². The number of carbonyl (C=O) groups excluding carboxylic acids is 1. The van der Waals surface area contributed by atoms with E-state index in [0.717, 1.165) is 17.0 Å². The van der Waals surface area contributed by atoms with Gasteiger partial charge in [0.05, 0.1) is 11.0 Å². The Kier molecular flexibility index (Phi) is 9.22. The molecule has 0 bridgehead atoms. The number of halogens is 9. The number of amides is 1. The second kappa shape index (κ2) is 11.5.